The maximum Gasteiger partial charge on any atom is 0.135 e. The van der Waals surface area contributed by atoms with Crippen LogP contribution in [0.1, 0.15) is 19.4 Å². The molecule has 0 N–H and O–H groups in total. The minimum atomic E-state index is 0.741. The Labute approximate surface area is 84.5 Å². The van der Waals surface area contributed by atoms with Crippen LogP contribution in [0.5, 0.6) is 5.75 Å². The lowest BCUT2D eigenvalue weighted by Crippen LogP contribution is -1.97. The number of ether oxygens (including phenoxy) is 1. The number of para-hydroxylation sites is 1. The molecule has 1 nitrogen and oxygen atoms in total. The van der Waals surface area contributed by atoms with Gasteiger partial charge in [-0.3, -0.25) is 0 Å². The molecule has 0 aliphatic heterocycles. The lowest BCUT2D eigenvalue weighted by molar-refractivity contribution is 0.329. The van der Waals surface area contributed by atoms with E-state index in [1.807, 2.05) is 6.92 Å². The average molecular weight is 196 g/mol. The smallest absolute Gasteiger partial charge is 0.135 e. The Morgan fingerprint density at radius 3 is 2.62 bits per heavy atom. The van der Waals surface area contributed by atoms with Gasteiger partial charge in [0.2, 0.25) is 0 Å². The Balaban J connectivity index is 3.05. The zero-order valence-corrected chi connectivity index (χ0v) is 9.28. The Morgan fingerprint density at radius 2 is 2.08 bits per heavy atom. The molecule has 0 aliphatic carbocycles. The predicted octanol–water partition coefficient (Wildman–Crippen LogP) is 3.37. The predicted molar refractivity (Wildman–Crippen MR) is 58.8 cm³/mol. The van der Waals surface area contributed by atoms with Crippen molar-refractivity contribution in [3.8, 4) is 5.75 Å². The van der Waals surface area contributed by atoms with Crippen molar-refractivity contribution in [1.82, 2.24) is 0 Å². The maximum atomic E-state index is 5.63. The summed E-state index contributed by atoms with van der Waals surface area (Å²) < 4.78 is 5.63. The van der Waals surface area contributed by atoms with Crippen LogP contribution in [0.25, 0.3) is 0 Å². The highest BCUT2D eigenvalue weighted by molar-refractivity contribution is 7.98. The monoisotopic (exact) mass is 196 g/mol. The maximum absolute atomic E-state index is 5.63. The number of aryl methyl sites for hydroxylation is 1. The molecular weight excluding hydrogens is 180 g/mol. The number of rotatable bonds is 4. The Kier molecular flexibility index (Phi) is 4.16. The van der Waals surface area contributed by atoms with Crippen LogP contribution in [0.4, 0.5) is 0 Å². The van der Waals surface area contributed by atoms with Gasteiger partial charge in [-0.15, -0.1) is 11.8 Å². The molecule has 1 aromatic rings. The molecular formula is C11H16OS. The van der Waals surface area contributed by atoms with Crippen molar-refractivity contribution in [3.63, 3.8) is 0 Å². The highest BCUT2D eigenvalue weighted by atomic mass is 32.2. The highest BCUT2D eigenvalue weighted by Gasteiger charge is 2.06. The summed E-state index contributed by atoms with van der Waals surface area (Å²) in [5.41, 5.74) is 1.30. The lowest BCUT2D eigenvalue weighted by atomic mass is 10.1. The molecule has 0 aromatic heterocycles. The lowest BCUT2D eigenvalue weighted by Gasteiger charge is -2.12. The summed E-state index contributed by atoms with van der Waals surface area (Å²) in [6.07, 6.45) is 3.11. The van der Waals surface area contributed by atoms with E-state index >= 15 is 0 Å². The molecule has 0 atom stereocenters. The molecule has 1 rings (SSSR count). The van der Waals surface area contributed by atoms with Crippen molar-refractivity contribution < 1.29 is 4.74 Å². The van der Waals surface area contributed by atoms with Crippen molar-refractivity contribution in [3.05, 3.63) is 23.8 Å². The first-order chi connectivity index (χ1) is 6.33. The molecule has 2 heteroatoms. The van der Waals surface area contributed by atoms with E-state index in [4.69, 9.17) is 4.74 Å². The Morgan fingerprint density at radius 1 is 1.31 bits per heavy atom. The van der Waals surface area contributed by atoms with Gasteiger partial charge >= 0.3 is 0 Å². The normalized spacial score (nSPS) is 10.1. The fourth-order valence-corrected chi connectivity index (χ4v) is 1.90. The van der Waals surface area contributed by atoms with Crippen LogP contribution in [0.3, 0.4) is 0 Å². The number of benzene rings is 1. The van der Waals surface area contributed by atoms with Crippen LogP contribution < -0.4 is 4.74 Å². The summed E-state index contributed by atoms with van der Waals surface area (Å²) in [7, 11) is 0. The molecule has 0 spiro atoms. The highest BCUT2D eigenvalue weighted by Crippen LogP contribution is 2.31. The molecule has 0 amide bonds. The van der Waals surface area contributed by atoms with Crippen molar-refractivity contribution in [2.24, 2.45) is 0 Å². The first-order valence-corrected chi connectivity index (χ1v) is 5.84. The molecule has 1 aromatic carbocycles. The summed E-state index contributed by atoms with van der Waals surface area (Å²) in [5.74, 6) is 1.07. The molecule has 0 saturated heterocycles. The first kappa shape index (κ1) is 10.5. The van der Waals surface area contributed by atoms with Gasteiger partial charge in [0.25, 0.3) is 0 Å². The number of hydrogen-bond acceptors (Lipinski definition) is 2. The van der Waals surface area contributed by atoms with E-state index < -0.39 is 0 Å². The van der Waals surface area contributed by atoms with Gasteiger partial charge in [-0.25, -0.2) is 0 Å². The summed E-state index contributed by atoms with van der Waals surface area (Å²) in [6, 6.07) is 6.33. The molecule has 0 saturated carbocycles. The van der Waals surface area contributed by atoms with Gasteiger partial charge in [-0.2, -0.15) is 0 Å². The zero-order chi connectivity index (χ0) is 9.68. The molecule has 13 heavy (non-hydrogen) atoms. The third-order valence-electron chi connectivity index (χ3n) is 1.95. The fraction of sp³-hybridized carbons (Fsp3) is 0.455. The van der Waals surface area contributed by atoms with Crippen LogP contribution in [0.15, 0.2) is 23.1 Å². The molecule has 0 bridgehead atoms. The number of hydrogen-bond donors (Lipinski definition) is 0. The van der Waals surface area contributed by atoms with Gasteiger partial charge in [-0.1, -0.05) is 19.1 Å². The van der Waals surface area contributed by atoms with Gasteiger partial charge in [0.1, 0.15) is 5.75 Å². The van der Waals surface area contributed by atoms with Gasteiger partial charge in [0, 0.05) is 4.90 Å². The van der Waals surface area contributed by atoms with Crippen LogP contribution >= 0.6 is 11.8 Å². The molecule has 0 fully saturated rings. The molecule has 0 unspecified atom stereocenters. The van der Waals surface area contributed by atoms with Crippen molar-refractivity contribution in [1.29, 1.82) is 0 Å². The fourth-order valence-electron chi connectivity index (χ4n) is 1.31. The summed E-state index contributed by atoms with van der Waals surface area (Å²) in [4.78, 5) is 1.24. The van der Waals surface area contributed by atoms with E-state index in [0.717, 1.165) is 18.8 Å². The van der Waals surface area contributed by atoms with E-state index in [9.17, 15) is 0 Å². The molecule has 0 radical (unpaired) electrons. The summed E-state index contributed by atoms with van der Waals surface area (Å²) in [5, 5.41) is 0. The van der Waals surface area contributed by atoms with Crippen molar-refractivity contribution in [2.45, 2.75) is 25.2 Å². The third kappa shape index (κ3) is 2.41. The van der Waals surface area contributed by atoms with E-state index in [1.165, 1.54) is 10.5 Å². The van der Waals surface area contributed by atoms with Crippen LogP contribution in [-0.2, 0) is 6.42 Å². The third-order valence-corrected chi connectivity index (χ3v) is 2.71. The van der Waals surface area contributed by atoms with Gasteiger partial charge in [0.15, 0.2) is 0 Å². The number of thioether (sulfide) groups is 1. The van der Waals surface area contributed by atoms with Gasteiger partial charge < -0.3 is 4.74 Å². The summed E-state index contributed by atoms with van der Waals surface area (Å²) in [6.45, 7) is 4.92. The minimum Gasteiger partial charge on any atom is -0.492 e. The topological polar surface area (TPSA) is 9.23 Å². The second-order valence-corrected chi connectivity index (χ2v) is 3.58. The Hall–Kier alpha value is -0.630. The average Bonchev–Trinajstić information content (AvgIpc) is 2.18. The van der Waals surface area contributed by atoms with Crippen LogP contribution in [0, 0.1) is 0 Å². The Bertz CT molecular complexity index is 249. The summed E-state index contributed by atoms with van der Waals surface area (Å²) >= 11 is 1.74. The zero-order valence-electron chi connectivity index (χ0n) is 8.46. The first-order valence-electron chi connectivity index (χ1n) is 4.62. The second-order valence-electron chi connectivity index (χ2n) is 2.74. The molecule has 72 valence electrons. The van der Waals surface area contributed by atoms with E-state index in [0.29, 0.717) is 0 Å². The quantitative estimate of drug-likeness (QED) is 0.683. The standard InChI is InChI=1S/C11H16OS/c1-4-9-7-6-8-10(13-3)11(9)12-5-2/h6-8H,4-5H2,1-3H3. The van der Waals surface area contributed by atoms with E-state index in [1.54, 1.807) is 11.8 Å². The van der Waals surface area contributed by atoms with Crippen LogP contribution in [0.2, 0.25) is 0 Å². The SMILES string of the molecule is CCOc1c(CC)cccc1SC. The minimum absolute atomic E-state index is 0.741. The largest absolute Gasteiger partial charge is 0.492 e. The molecule has 0 aliphatic rings. The van der Waals surface area contributed by atoms with Crippen LogP contribution in [-0.4, -0.2) is 12.9 Å². The van der Waals surface area contributed by atoms with Crippen molar-refractivity contribution >= 4 is 11.8 Å². The molecule has 0 heterocycles. The second kappa shape index (κ2) is 5.18. The van der Waals surface area contributed by atoms with E-state index in [2.05, 4.69) is 31.4 Å². The van der Waals surface area contributed by atoms with Crippen molar-refractivity contribution in [2.75, 3.05) is 12.9 Å². The van der Waals surface area contributed by atoms with Gasteiger partial charge in [-0.05, 0) is 31.2 Å². The van der Waals surface area contributed by atoms with Gasteiger partial charge in [0.05, 0.1) is 6.61 Å². The van der Waals surface area contributed by atoms with E-state index in [-0.39, 0.29) is 0 Å².